The van der Waals surface area contributed by atoms with Gasteiger partial charge in [-0.3, -0.25) is 4.79 Å². The standard InChI is InChI=1S/C10H7Cl2NO/c1-13-7-4-2-3-6(11)9(7)10(12)8(13)5-14/h2-5H,1H3. The third-order valence-electron chi connectivity index (χ3n) is 2.27. The molecule has 0 bridgehead atoms. The lowest BCUT2D eigenvalue weighted by atomic mass is 10.2. The van der Waals surface area contributed by atoms with Gasteiger partial charge in [0.25, 0.3) is 0 Å². The summed E-state index contributed by atoms with van der Waals surface area (Å²) in [4.78, 5) is 10.8. The van der Waals surface area contributed by atoms with Crippen LogP contribution in [0, 0.1) is 0 Å². The van der Waals surface area contributed by atoms with Crippen molar-refractivity contribution < 1.29 is 4.79 Å². The molecule has 72 valence electrons. The Balaban J connectivity index is 3.01. The molecule has 0 saturated carbocycles. The Morgan fingerprint density at radius 2 is 2.07 bits per heavy atom. The molecular formula is C10H7Cl2NO. The van der Waals surface area contributed by atoms with E-state index in [9.17, 15) is 4.79 Å². The van der Waals surface area contributed by atoms with Crippen molar-refractivity contribution in [1.82, 2.24) is 4.57 Å². The minimum absolute atomic E-state index is 0.420. The first-order chi connectivity index (χ1) is 6.66. The van der Waals surface area contributed by atoms with E-state index in [2.05, 4.69) is 0 Å². The summed E-state index contributed by atoms with van der Waals surface area (Å²) in [5.41, 5.74) is 1.32. The maximum absolute atomic E-state index is 10.8. The minimum atomic E-state index is 0.420. The first kappa shape index (κ1) is 9.56. The van der Waals surface area contributed by atoms with Crippen molar-refractivity contribution in [2.45, 2.75) is 0 Å². The lowest BCUT2D eigenvalue weighted by Crippen LogP contribution is -1.93. The number of aromatic nitrogens is 1. The lowest BCUT2D eigenvalue weighted by Gasteiger charge is -1.96. The summed E-state index contributed by atoms with van der Waals surface area (Å²) in [5.74, 6) is 0. The molecule has 1 aromatic heterocycles. The van der Waals surface area contributed by atoms with Crippen LogP contribution in [-0.4, -0.2) is 10.9 Å². The topological polar surface area (TPSA) is 22.0 Å². The molecule has 0 N–H and O–H groups in total. The Labute approximate surface area is 91.0 Å². The molecule has 2 rings (SSSR count). The van der Waals surface area contributed by atoms with Crippen molar-refractivity contribution >= 4 is 40.4 Å². The highest BCUT2D eigenvalue weighted by molar-refractivity contribution is 6.43. The fourth-order valence-electron chi connectivity index (χ4n) is 1.55. The fourth-order valence-corrected chi connectivity index (χ4v) is 2.23. The van der Waals surface area contributed by atoms with Gasteiger partial charge in [-0.2, -0.15) is 0 Å². The van der Waals surface area contributed by atoms with E-state index in [0.29, 0.717) is 15.7 Å². The number of hydrogen-bond acceptors (Lipinski definition) is 1. The van der Waals surface area contributed by atoms with E-state index in [1.165, 1.54) is 0 Å². The van der Waals surface area contributed by atoms with Gasteiger partial charge in [0.15, 0.2) is 6.29 Å². The number of aldehydes is 1. The van der Waals surface area contributed by atoms with Crippen molar-refractivity contribution in [2.75, 3.05) is 0 Å². The summed E-state index contributed by atoms with van der Waals surface area (Å²) >= 11 is 12.0. The number of carbonyl (C=O) groups is 1. The summed E-state index contributed by atoms with van der Waals surface area (Å²) in [6, 6.07) is 5.46. The Morgan fingerprint density at radius 1 is 1.36 bits per heavy atom. The van der Waals surface area contributed by atoms with E-state index >= 15 is 0 Å². The Bertz CT molecular complexity index is 516. The molecule has 0 saturated heterocycles. The Morgan fingerprint density at radius 3 is 2.64 bits per heavy atom. The molecule has 0 fully saturated rings. The largest absolute Gasteiger partial charge is 0.340 e. The molecule has 2 nitrogen and oxygen atoms in total. The average Bonchev–Trinajstić information content (AvgIpc) is 2.41. The summed E-state index contributed by atoms with van der Waals surface area (Å²) < 4.78 is 1.73. The number of rotatable bonds is 1. The zero-order valence-electron chi connectivity index (χ0n) is 7.42. The van der Waals surface area contributed by atoms with Gasteiger partial charge in [0.05, 0.1) is 15.6 Å². The number of fused-ring (bicyclic) bond motifs is 1. The molecule has 1 heterocycles. The second-order valence-corrected chi connectivity index (χ2v) is 3.80. The predicted molar refractivity (Wildman–Crippen MR) is 58.3 cm³/mol. The number of hydrogen-bond donors (Lipinski definition) is 0. The molecule has 4 heteroatoms. The van der Waals surface area contributed by atoms with Crippen molar-refractivity contribution in [1.29, 1.82) is 0 Å². The number of aryl methyl sites for hydroxylation is 1. The van der Waals surface area contributed by atoms with Crippen LogP contribution in [0.2, 0.25) is 10.0 Å². The van der Waals surface area contributed by atoms with Crippen molar-refractivity contribution in [2.24, 2.45) is 7.05 Å². The quantitative estimate of drug-likeness (QED) is 0.686. The van der Waals surface area contributed by atoms with Crippen molar-refractivity contribution in [3.63, 3.8) is 0 Å². The lowest BCUT2D eigenvalue weighted by molar-refractivity contribution is 0.111. The summed E-state index contributed by atoms with van der Waals surface area (Å²) in [6.07, 6.45) is 0.735. The smallest absolute Gasteiger partial charge is 0.168 e. The van der Waals surface area contributed by atoms with Gasteiger partial charge in [-0.1, -0.05) is 29.3 Å². The molecule has 2 aromatic rings. The molecule has 0 atom stereocenters. The highest BCUT2D eigenvalue weighted by Gasteiger charge is 2.14. The highest BCUT2D eigenvalue weighted by atomic mass is 35.5. The van der Waals surface area contributed by atoms with Gasteiger partial charge in [0.1, 0.15) is 5.69 Å². The van der Waals surface area contributed by atoms with Crippen molar-refractivity contribution in [3.8, 4) is 0 Å². The molecule has 14 heavy (non-hydrogen) atoms. The molecule has 0 aliphatic carbocycles. The van der Waals surface area contributed by atoms with Gasteiger partial charge in [0, 0.05) is 12.4 Å². The average molecular weight is 228 g/mol. The van der Waals surface area contributed by atoms with Gasteiger partial charge in [-0.25, -0.2) is 0 Å². The number of halogens is 2. The molecule has 1 aromatic carbocycles. The predicted octanol–water partition coefficient (Wildman–Crippen LogP) is 3.30. The van der Waals surface area contributed by atoms with Crippen molar-refractivity contribution in [3.05, 3.63) is 33.9 Å². The normalized spacial score (nSPS) is 10.8. The second-order valence-electron chi connectivity index (χ2n) is 3.01. The third kappa shape index (κ3) is 1.15. The van der Waals surface area contributed by atoms with Crippen LogP contribution in [0.3, 0.4) is 0 Å². The third-order valence-corrected chi connectivity index (χ3v) is 2.97. The number of carbonyl (C=O) groups excluding carboxylic acids is 1. The second kappa shape index (κ2) is 3.30. The Hall–Kier alpha value is -0.990. The Kier molecular flexibility index (Phi) is 2.25. The molecule has 0 aliphatic rings. The molecule has 0 unspecified atom stereocenters. The van der Waals surface area contributed by atoms with Gasteiger partial charge in [0.2, 0.25) is 0 Å². The van der Waals surface area contributed by atoms with E-state index < -0.39 is 0 Å². The van der Waals surface area contributed by atoms with Crippen LogP contribution in [0.1, 0.15) is 10.5 Å². The van der Waals surface area contributed by atoms with E-state index in [4.69, 9.17) is 23.2 Å². The summed E-state index contributed by atoms with van der Waals surface area (Å²) in [6.45, 7) is 0. The van der Waals surface area contributed by atoms with E-state index in [0.717, 1.165) is 17.2 Å². The van der Waals surface area contributed by atoms with Crippen LogP contribution >= 0.6 is 23.2 Å². The van der Waals surface area contributed by atoms with Gasteiger partial charge in [-0.15, -0.1) is 0 Å². The molecule has 0 radical (unpaired) electrons. The summed E-state index contributed by atoms with van der Waals surface area (Å²) in [7, 11) is 1.79. The van der Waals surface area contributed by atoms with Crippen LogP contribution in [0.25, 0.3) is 10.9 Å². The van der Waals surface area contributed by atoms with Gasteiger partial charge < -0.3 is 4.57 Å². The van der Waals surface area contributed by atoms with Gasteiger partial charge >= 0.3 is 0 Å². The first-order valence-electron chi connectivity index (χ1n) is 4.04. The minimum Gasteiger partial charge on any atom is -0.340 e. The van der Waals surface area contributed by atoms with Crippen LogP contribution in [0.4, 0.5) is 0 Å². The molecule has 0 spiro atoms. The van der Waals surface area contributed by atoms with Gasteiger partial charge in [-0.05, 0) is 12.1 Å². The van der Waals surface area contributed by atoms with Crippen LogP contribution < -0.4 is 0 Å². The first-order valence-corrected chi connectivity index (χ1v) is 4.80. The van der Waals surface area contributed by atoms with Crippen LogP contribution in [0.5, 0.6) is 0 Å². The SMILES string of the molecule is Cn1c(C=O)c(Cl)c2c(Cl)cccc21. The number of nitrogens with zero attached hydrogens (tertiary/aromatic N) is 1. The maximum Gasteiger partial charge on any atom is 0.168 e. The molecule has 0 amide bonds. The van der Waals surface area contributed by atoms with Crippen LogP contribution in [0.15, 0.2) is 18.2 Å². The highest BCUT2D eigenvalue weighted by Crippen LogP contribution is 2.33. The van der Waals surface area contributed by atoms with Crippen LogP contribution in [-0.2, 0) is 7.05 Å². The number of benzene rings is 1. The summed E-state index contributed by atoms with van der Waals surface area (Å²) in [5, 5.41) is 1.72. The van der Waals surface area contributed by atoms with E-state index in [1.54, 1.807) is 17.7 Å². The van der Waals surface area contributed by atoms with E-state index in [1.807, 2.05) is 12.1 Å². The zero-order valence-corrected chi connectivity index (χ0v) is 8.93. The monoisotopic (exact) mass is 227 g/mol. The molecular weight excluding hydrogens is 221 g/mol. The zero-order chi connectivity index (χ0) is 10.3. The molecule has 0 aliphatic heterocycles. The fraction of sp³-hybridized carbons (Fsp3) is 0.100. The van der Waals surface area contributed by atoms with E-state index in [-0.39, 0.29) is 0 Å². The maximum atomic E-state index is 10.8.